The van der Waals surface area contributed by atoms with Gasteiger partial charge in [0.25, 0.3) is 17.4 Å². The van der Waals surface area contributed by atoms with Crippen LogP contribution in [-0.4, -0.2) is 68.0 Å². The Kier molecular flexibility index (Phi) is 8.42. The van der Waals surface area contributed by atoms with Crippen molar-refractivity contribution < 1.29 is 23.6 Å². The fourth-order valence-electron chi connectivity index (χ4n) is 3.38. The first-order valence-electron chi connectivity index (χ1n) is 10.9. The Labute approximate surface area is 205 Å². The second-order valence-corrected chi connectivity index (χ2v) is 12.8. The molecule has 2 amide bonds. The van der Waals surface area contributed by atoms with E-state index in [4.69, 9.17) is 14.0 Å². The van der Waals surface area contributed by atoms with Gasteiger partial charge in [-0.25, -0.2) is 10.0 Å². The van der Waals surface area contributed by atoms with Gasteiger partial charge >= 0.3 is 0 Å². The van der Waals surface area contributed by atoms with Gasteiger partial charge in [-0.2, -0.15) is 5.16 Å². The highest BCUT2D eigenvalue weighted by Gasteiger charge is 2.31. The van der Waals surface area contributed by atoms with Crippen LogP contribution in [0.2, 0.25) is 0 Å². The number of nitrogens with zero attached hydrogens (tertiary/aromatic N) is 1. The minimum atomic E-state index is -0.997. The van der Waals surface area contributed by atoms with Crippen molar-refractivity contribution >= 4 is 27.5 Å². The number of aromatic nitrogens is 1. The predicted molar refractivity (Wildman–Crippen MR) is 137 cm³/mol. The number of H-pyrrole nitrogens is 1. The molecule has 10 heteroatoms. The van der Waals surface area contributed by atoms with Gasteiger partial charge < -0.3 is 24.2 Å². The van der Waals surface area contributed by atoms with E-state index in [9.17, 15) is 14.4 Å². The van der Waals surface area contributed by atoms with E-state index in [-0.39, 0.29) is 5.76 Å². The fraction of sp³-hybridized carbons (Fsp3) is 0.320. The van der Waals surface area contributed by atoms with E-state index in [0.717, 1.165) is 6.07 Å². The standard InChI is InChI=1S/C25H31N3O6S/c1-28(25(31)21-16-22(29)27-34-21)23(17-6-10-19(11-7-17)33-15-14-32-2)24(30)26-18-8-12-20(13-9-18)35(3,4)5/h6-13,16,23H,14-15H2,1-5H3,(H,26,30)(H,27,29). The number of hydrogen-bond acceptors (Lipinski definition) is 6. The Hall–Kier alpha value is -3.50. The van der Waals surface area contributed by atoms with E-state index in [2.05, 4.69) is 29.2 Å². The smallest absolute Gasteiger partial charge is 0.293 e. The summed E-state index contributed by atoms with van der Waals surface area (Å²) in [5.41, 5.74) is 0.633. The molecule has 2 aromatic carbocycles. The third-order valence-electron chi connectivity index (χ3n) is 5.27. The SMILES string of the molecule is COCCOc1ccc(C(C(=O)Nc2ccc(S(C)(C)C)cc2)N(C)C(=O)c2cc(=O)[nH]o2)cc1. The second kappa shape index (κ2) is 11.3. The fourth-order valence-corrected chi connectivity index (χ4v) is 4.33. The van der Waals surface area contributed by atoms with Crippen molar-refractivity contribution in [3.05, 3.63) is 76.3 Å². The van der Waals surface area contributed by atoms with Crippen LogP contribution in [0.25, 0.3) is 0 Å². The lowest BCUT2D eigenvalue weighted by Gasteiger charge is -2.28. The number of amides is 2. The molecule has 1 aromatic heterocycles. The minimum Gasteiger partial charge on any atom is -0.491 e. The third-order valence-corrected chi connectivity index (χ3v) is 6.96. The second-order valence-electron chi connectivity index (χ2n) is 8.66. The molecule has 0 bridgehead atoms. The van der Waals surface area contributed by atoms with Gasteiger partial charge in [-0.3, -0.25) is 14.4 Å². The summed E-state index contributed by atoms with van der Waals surface area (Å²) in [7, 11) is 2.17. The summed E-state index contributed by atoms with van der Waals surface area (Å²) in [6.07, 6.45) is 6.58. The highest BCUT2D eigenvalue weighted by atomic mass is 32.3. The largest absolute Gasteiger partial charge is 0.491 e. The number of benzene rings is 2. The molecule has 0 aliphatic heterocycles. The van der Waals surface area contributed by atoms with E-state index in [0.29, 0.717) is 30.2 Å². The number of rotatable bonds is 10. The zero-order valence-electron chi connectivity index (χ0n) is 20.5. The predicted octanol–water partition coefficient (Wildman–Crippen LogP) is 3.50. The van der Waals surface area contributed by atoms with Crippen molar-refractivity contribution in [1.82, 2.24) is 10.1 Å². The maximum atomic E-state index is 13.4. The monoisotopic (exact) mass is 501 g/mol. The average Bonchev–Trinajstić information content (AvgIpc) is 3.26. The number of anilines is 1. The first-order chi connectivity index (χ1) is 16.6. The molecule has 1 unspecified atom stereocenters. The minimum absolute atomic E-state index is 0.188. The van der Waals surface area contributed by atoms with Crippen molar-refractivity contribution in [2.24, 2.45) is 0 Å². The molecule has 0 saturated heterocycles. The van der Waals surface area contributed by atoms with Gasteiger partial charge in [0.2, 0.25) is 5.76 Å². The molecule has 3 rings (SSSR count). The molecule has 1 atom stereocenters. The van der Waals surface area contributed by atoms with Gasteiger partial charge in [0.15, 0.2) is 0 Å². The van der Waals surface area contributed by atoms with Crippen molar-refractivity contribution in [2.75, 3.05) is 51.5 Å². The lowest BCUT2D eigenvalue weighted by molar-refractivity contribution is -0.120. The Balaban J connectivity index is 1.87. The van der Waals surface area contributed by atoms with E-state index < -0.39 is 33.4 Å². The summed E-state index contributed by atoms with van der Waals surface area (Å²) in [5, 5.41) is 4.99. The van der Waals surface area contributed by atoms with Crippen molar-refractivity contribution in [3.63, 3.8) is 0 Å². The van der Waals surface area contributed by atoms with Crippen LogP contribution in [0.1, 0.15) is 22.2 Å². The summed E-state index contributed by atoms with van der Waals surface area (Å²) in [5.74, 6) is -0.610. The first-order valence-corrected chi connectivity index (χ1v) is 13.7. The van der Waals surface area contributed by atoms with Crippen LogP contribution in [0.5, 0.6) is 5.75 Å². The number of likely N-dealkylation sites (N-methyl/N-ethyl adjacent to an activating group) is 1. The van der Waals surface area contributed by atoms with Crippen molar-refractivity contribution in [1.29, 1.82) is 0 Å². The summed E-state index contributed by atoms with van der Waals surface area (Å²) in [6.45, 7) is 0.832. The van der Waals surface area contributed by atoms with Gasteiger partial charge in [0.05, 0.1) is 12.7 Å². The summed E-state index contributed by atoms with van der Waals surface area (Å²) in [6, 6.07) is 14.6. The number of carbonyl (C=O) groups is 2. The van der Waals surface area contributed by atoms with Crippen LogP contribution in [0, 0.1) is 0 Å². The third kappa shape index (κ3) is 6.77. The Morgan fingerprint density at radius 3 is 2.26 bits per heavy atom. The molecule has 0 fully saturated rings. The zero-order chi connectivity index (χ0) is 25.6. The number of nitrogens with one attached hydrogen (secondary N) is 2. The lowest BCUT2D eigenvalue weighted by Crippen LogP contribution is -2.38. The number of ether oxygens (including phenoxy) is 2. The Bertz CT molecular complexity index is 1200. The maximum Gasteiger partial charge on any atom is 0.293 e. The molecular formula is C25H31N3O6S. The van der Waals surface area contributed by atoms with E-state index in [1.807, 2.05) is 24.3 Å². The Morgan fingerprint density at radius 2 is 1.71 bits per heavy atom. The lowest BCUT2D eigenvalue weighted by atomic mass is 10.0. The summed E-state index contributed by atoms with van der Waals surface area (Å²) in [4.78, 5) is 40.3. The molecule has 0 spiro atoms. The number of hydrogen-bond donors (Lipinski definition) is 2. The molecule has 0 saturated carbocycles. The zero-order valence-corrected chi connectivity index (χ0v) is 21.3. The summed E-state index contributed by atoms with van der Waals surface area (Å²) < 4.78 is 15.5. The molecule has 0 aliphatic rings. The van der Waals surface area contributed by atoms with Gasteiger partial charge in [0.1, 0.15) is 18.4 Å². The highest BCUT2D eigenvalue weighted by molar-refractivity contribution is 8.32. The molecule has 35 heavy (non-hydrogen) atoms. The molecule has 188 valence electrons. The first kappa shape index (κ1) is 26.1. The van der Waals surface area contributed by atoms with E-state index >= 15 is 0 Å². The summed E-state index contributed by atoms with van der Waals surface area (Å²) >= 11 is 0. The van der Waals surface area contributed by atoms with Crippen LogP contribution in [0.4, 0.5) is 5.69 Å². The molecule has 3 aromatic rings. The van der Waals surface area contributed by atoms with Crippen LogP contribution < -0.4 is 15.6 Å². The van der Waals surface area contributed by atoms with Gasteiger partial charge in [-0.1, -0.05) is 12.1 Å². The van der Waals surface area contributed by atoms with Gasteiger partial charge in [0, 0.05) is 19.8 Å². The van der Waals surface area contributed by atoms with Crippen LogP contribution in [0.15, 0.2) is 68.8 Å². The quantitative estimate of drug-likeness (QED) is 0.411. The normalized spacial score (nSPS) is 12.6. The topological polar surface area (TPSA) is 114 Å². The number of methoxy groups -OCH3 is 1. The van der Waals surface area contributed by atoms with Crippen LogP contribution >= 0.6 is 10.0 Å². The molecule has 1 heterocycles. The molecule has 2 N–H and O–H groups in total. The molecule has 0 aliphatic carbocycles. The number of carbonyl (C=O) groups excluding carboxylic acids is 2. The Morgan fingerprint density at radius 1 is 1.06 bits per heavy atom. The van der Waals surface area contributed by atoms with Crippen molar-refractivity contribution in [3.8, 4) is 5.75 Å². The molecular weight excluding hydrogens is 470 g/mol. The van der Waals surface area contributed by atoms with Gasteiger partial charge in [-0.15, -0.1) is 0 Å². The number of aromatic amines is 1. The van der Waals surface area contributed by atoms with Crippen LogP contribution in [0.3, 0.4) is 0 Å². The van der Waals surface area contributed by atoms with E-state index in [1.54, 1.807) is 31.4 Å². The van der Waals surface area contributed by atoms with Gasteiger partial charge in [-0.05, 0) is 65.6 Å². The van der Waals surface area contributed by atoms with E-state index in [1.165, 1.54) is 16.8 Å². The molecule has 0 radical (unpaired) electrons. The van der Waals surface area contributed by atoms with Crippen molar-refractivity contribution in [2.45, 2.75) is 10.9 Å². The molecule has 9 nitrogen and oxygen atoms in total. The maximum absolute atomic E-state index is 13.4. The average molecular weight is 502 g/mol. The highest BCUT2D eigenvalue weighted by Crippen LogP contribution is 2.45. The van der Waals surface area contributed by atoms with Crippen LogP contribution in [-0.2, 0) is 9.53 Å².